The molecule has 0 saturated heterocycles. The van der Waals surface area contributed by atoms with Gasteiger partial charge in [0.1, 0.15) is 0 Å². The second kappa shape index (κ2) is 3.68. The molecule has 0 aromatic carbocycles. The Morgan fingerprint density at radius 3 is 1.33 bits per heavy atom. The van der Waals surface area contributed by atoms with Crippen LogP contribution in [0.3, 0.4) is 0 Å². The Hall–Kier alpha value is -0.740. The largest absolute Gasteiger partial charge is 0.442 e. The summed E-state index contributed by atoms with van der Waals surface area (Å²) in [6.45, 7) is 5.86. The average Bonchev–Trinajstić information content (AvgIpc) is 1.97. The van der Waals surface area contributed by atoms with Crippen LogP contribution < -0.4 is 0 Å². The molecule has 0 N–H and O–H groups in total. The fourth-order valence-electron chi connectivity index (χ4n) is 0.831. The lowest BCUT2D eigenvalue weighted by molar-refractivity contribution is -0.868. The van der Waals surface area contributed by atoms with E-state index >= 15 is 0 Å². The molecule has 0 fully saturated rings. The van der Waals surface area contributed by atoms with Crippen LogP contribution in [-0.4, -0.2) is 61.6 Å². The summed E-state index contributed by atoms with van der Waals surface area (Å²) in [7, 11) is 8.68. The Morgan fingerprint density at radius 2 is 1.13 bits per heavy atom. The van der Waals surface area contributed by atoms with Gasteiger partial charge in [-0.1, -0.05) is 0 Å². The van der Waals surface area contributed by atoms with E-state index in [2.05, 4.69) is 0 Å². The van der Waals surface area contributed by atoms with Crippen LogP contribution in [0.1, 0.15) is 20.8 Å². The minimum atomic E-state index is -0.366. The zero-order chi connectivity index (χ0) is 12.7. The van der Waals surface area contributed by atoms with Gasteiger partial charge in [0.15, 0.2) is 0 Å². The van der Waals surface area contributed by atoms with Gasteiger partial charge in [0.25, 0.3) is 0 Å². The predicted molar refractivity (Wildman–Crippen MR) is 59.9 cm³/mol. The summed E-state index contributed by atoms with van der Waals surface area (Å²) in [6, 6.07) is 0. The second-order valence-corrected chi connectivity index (χ2v) is 6.25. The fourth-order valence-corrected chi connectivity index (χ4v) is 0.831. The summed E-state index contributed by atoms with van der Waals surface area (Å²) in [5.41, 5.74) is -0.276. The van der Waals surface area contributed by atoms with Crippen molar-refractivity contribution in [1.29, 1.82) is 0 Å². The number of rotatable bonds is 0. The van der Waals surface area contributed by atoms with Crippen LogP contribution in [-0.2, 0) is 9.59 Å². The van der Waals surface area contributed by atoms with Crippen molar-refractivity contribution in [2.24, 2.45) is 0 Å². The van der Waals surface area contributed by atoms with E-state index in [4.69, 9.17) is 0 Å². The molecule has 0 saturated carbocycles. The molecule has 0 unspecified atom stereocenters. The number of nitrogens with zero attached hydrogens (tertiary/aromatic N) is 2. The fraction of sp³-hybridized carbons (Fsp3) is 0.818. The van der Waals surface area contributed by atoms with Gasteiger partial charge in [-0.2, -0.15) is 0 Å². The van der Waals surface area contributed by atoms with Gasteiger partial charge >= 0.3 is 11.8 Å². The molecule has 0 aromatic heterocycles. The first-order valence-corrected chi connectivity index (χ1v) is 5.07. The minimum absolute atomic E-state index is 0.0383. The first-order chi connectivity index (χ1) is 6.32. The lowest BCUT2D eigenvalue weighted by Gasteiger charge is -2.39. The summed E-state index contributed by atoms with van der Waals surface area (Å²) in [6.07, 6.45) is 0. The number of likely N-dealkylation sites (N-methyl/N-ethyl adjacent to an activating group) is 2. The van der Waals surface area contributed by atoms with E-state index in [0.717, 1.165) is 0 Å². The SMILES string of the molecule is CC(C)(C)[N+](C)(C)C(=O)C(=O)[N+](C)(C)C. The third-order valence-electron chi connectivity index (χ3n) is 2.98. The molecule has 0 rings (SSSR count). The molecule has 88 valence electrons. The van der Waals surface area contributed by atoms with Crippen molar-refractivity contribution >= 4 is 11.8 Å². The first-order valence-electron chi connectivity index (χ1n) is 5.07. The molecule has 0 radical (unpaired) electrons. The van der Waals surface area contributed by atoms with Crippen molar-refractivity contribution in [3.63, 3.8) is 0 Å². The zero-order valence-electron chi connectivity index (χ0n) is 11.2. The first kappa shape index (κ1) is 14.3. The Bertz CT molecular complexity index is 280. The summed E-state index contributed by atoms with van der Waals surface area (Å²) < 4.78 is 0.109. The van der Waals surface area contributed by atoms with Crippen molar-refractivity contribution < 1.29 is 18.6 Å². The molecule has 0 aliphatic rings. The van der Waals surface area contributed by atoms with E-state index in [0.29, 0.717) is 0 Å². The van der Waals surface area contributed by atoms with Crippen LogP contribution in [0.25, 0.3) is 0 Å². The van der Waals surface area contributed by atoms with Crippen molar-refractivity contribution in [1.82, 2.24) is 0 Å². The maximum absolute atomic E-state index is 12.1. The summed E-state index contributed by atoms with van der Waals surface area (Å²) in [5, 5.41) is 0. The Morgan fingerprint density at radius 1 is 0.800 bits per heavy atom. The number of quaternary nitrogens is 2. The smallest absolute Gasteiger partial charge is 0.255 e. The quantitative estimate of drug-likeness (QED) is 0.439. The Labute approximate surface area is 92.7 Å². The van der Waals surface area contributed by atoms with E-state index < -0.39 is 0 Å². The average molecular weight is 216 g/mol. The van der Waals surface area contributed by atoms with Gasteiger partial charge in [-0.3, -0.25) is 4.48 Å². The molecule has 0 heterocycles. The third-order valence-corrected chi connectivity index (χ3v) is 2.98. The van der Waals surface area contributed by atoms with Crippen molar-refractivity contribution in [3.8, 4) is 0 Å². The number of carbonyl (C=O) groups is 2. The summed E-state index contributed by atoms with van der Waals surface area (Å²) in [5.74, 6) is -0.718. The summed E-state index contributed by atoms with van der Waals surface area (Å²) in [4.78, 5) is 23.9. The number of hydrogen-bond donors (Lipinski definition) is 0. The van der Waals surface area contributed by atoms with E-state index in [-0.39, 0.29) is 26.3 Å². The number of carbonyl (C=O) groups excluding carboxylic acids is 2. The van der Waals surface area contributed by atoms with Crippen LogP contribution in [0.2, 0.25) is 0 Å². The molecular weight excluding hydrogens is 192 g/mol. The third kappa shape index (κ3) is 2.86. The van der Waals surface area contributed by atoms with Crippen LogP contribution in [0.5, 0.6) is 0 Å². The molecule has 0 spiro atoms. The van der Waals surface area contributed by atoms with Crippen LogP contribution in [0.4, 0.5) is 0 Å². The van der Waals surface area contributed by atoms with Gasteiger partial charge < -0.3 is 0 Å². The van der Waals surface area contributed by atoms with Crippen LogP contribution >= 0.6 is 0 Å². The van der Waals surface area contributed by atoms with E-state index in [1.54, 1.807) is 35.2 Å². The molecule has 4 heteroatoms. The van der Waals surface area contributed by atoms with Gasteiger partial charge in [-0.25, -0.2) is 14.1 Å². The lowest BCUT2D eigenvalue weighted by Crippen LogP contribution is -2.64. The van der Waals surface area contributed by atoms with Gasteiger partial charge in [0, 0.05) is 0 Å². The zero-order valence-corrected chi connectivity index (χ0v) is 11.2. The Balaban J connectivity index is 5.13. The van der Waals surface area contributed by atoms with Crippen molar-refractivity contribution in [3.05, 3.63) is 0 Å². The second-order valence-electron chi connectivity index (χ2n) is 6.25. The van der Waals surface area contributed by atoms with E-state index in [1.807, 2.05) is 20.8 Å². The van der Waals surface area contributed by atoms with E-state index in [1.165, 1.54) is 0 Å². The van der Waals surface area contributed by atoms with Crippen LogP contribution in [0, 0.1) is 0 Å². The number of hydrogen-bond acceptors (Lipinski definition) is 2. The van der Waals surface area contributed by atoms with Gasteiger partial charge in [0.2, 0.25) is 0 Å². The normalized spacial score (nSPS) is 13.9. The lowest BCUT2D eigenvalue weighted by atomic mass is 10.0. The maximum atomic E-state index is 12.1. The summed E-state index contributed by atoms with van der Waals surface area (Å²) >= 11 is 0. The molecule has 0 atom stereocenters. The molecule has 2 amide bonds. The molecule has 0 aliphatic heterocycles. The highest BCUT2D eigenvalue weighted by molar-refractivity contribution is 6.28. The molecule has 0 aromatic rings. The highest BCUT2D eigenvalue weighted by atomic mass is 16.2. The number of amides is 2. The van der Waals surface area contributed by atoms with Crippen molar-refractivity contribution in [2.45, 2.75) is 26.3 Å². The maximum Gasteiger partial charge on any atom is 0.442 e. The minimum Gasteiger partial charge on any atom is -0.255 e. The topological polar surface area (TPSA) is 34.1 Å². The molecule has 0 aliphatic carbocycles. The Kier molecular flexibility index (Phi) is 3.50. The van der Waals surface area contributed by atoms with Gasteiger partial charge in [-0.05, 0) is 20.8 Å². The molecule has 4 nitrogen and oxygen atoms in total. The standard InChI is InChI=1S/C11H24N2O2/c1-11(2,3)13(7,8)10(15)9(14)12(4,5)6/h1-8H3/q+2. The van der Waals surface area contributed by atoms with Crippen LogP contribution in [0.15, 0.2) is 0 Å². The molecular formula is C11H24N2O2+2. The highest BCUT2D eigenvalue weighted by Crippen LogP contribution is 2.20. The monoisotopic (exact) mass is 216 g/mol. The molecule has 15 heavy (non-hydrogen) atoms. The van der Waals surface area contributed by atoms with Crippen molar-refractivity contribution in [2.75, 3.05) is 35.2 Å². The molecule has 0 bridgehead atoms. The van der Waals surface area contributed by atoms with Gasteiger partial charge in [-0.15, -0.1) is 0 Å². The van der Waals surface area contributed by atoms with Gasteiger partial charge in [0.05, 0.1) is 40.8 Å². The highest BCUT2D eigenvalue weighted by Gasteiger charge is 2.48. The van der Waals surface area contributed by atoms with E-state index in [9.17, 15) is 9.59 Å². The predicted octanol–water partition coefficient (Wildman–Crippen LogP) is 0.621.